The number of non-ortho nitro benzene ring substituents is 1. The van der Waals surface area contributed by atoms with E-state index in [9.17, 15) is 14.9 Å². The highest BCUT2D eigenvalue weighted by atomic mass is 79.9. The highest BCUT2D eigenvalue weighted by molar-refractivity contribution is 9.10. The molecule has 0 radical (unpaired) electrons. The van der Waals surface area contributed by atoms with E-state index in [1.807, 2.05) is 0 Å². The molecule has 2 rings (SSSR count). The van der Waals surface area contributed by atoms with Crippen LogP contribution in [0.5, 0.6) is 0 Å². The van der Waals surface area contributed by atoms with E-state index in [2.05, 4.69) is 15.9 Å². The smallest absolute Gasteiger partial charge is 0.343 e. The van der Waals surface area contributed by atoms with E-state index < -0.39 is 10.5 Å². The van der Waals surface area contributed by atoms with E-state index in [4.69, 9.17) is 4.42 Å². The summed E-state index contributed by atoms with van der Waals surface area (Å²) in [6, 6.07) is 7.31. The fourth-order valence-corrected chi connectivity index (χ4v) is 1.69. The maximum atomic E-state index is 11.5. The molecule has 5 nitrogen and oxygen atoms in total. The van der Waals surface area contributed by atoms with Crippen molar-refractivity contribution in [1.29, 1.82) is 0 Å². The molecular weight excluding hydrogens is 290 g/mol. The monoisotopic (exact) mass is 295 g/mol. The molecule has 0 aliphatic heterocycles. The Labute approximate surface area is 104 Å². The molecule has 1 aromatic carbocycles. The molecule has 17 heavy (non-hydrogen) atoms. The Morgan fingerprint density at radius 3 is 2.47 bits per heavy atom. The molecule has 0 fully saturated rings. The molecule has 0 unspecified atom stereocenters. The van der Waals surface area contributed by atoms with Gasteiger partial charge in [-0.3, -0.25) is 10.1 Å². The first-order valence-corrected chi connectivity index (χ1v) is 5.40. The zero-order valence-electron chi connectivity index (χ0n) is 8.42. The summed E-state index contributed by atoms with van der Waals surface area (Å²) in [6.45, 7) is 0. The van der Waals surface area contributed by atoms with Gasteiger partial charge in [-0.1, -0.05) is 0 Å². The first-order chi connectivity index (χ1) is 8.08. The SMILES string of the molecule is O=c1occ(Br)cc1-c1ccc([N+](=O)[O-])cc1. The van der Waals surface area contributed by atoms with Crippen LogP contribution in [-0.4, -0.2) is 4.92 Å². The number of halogens is 1. The Morgan fingerprint density at radius 2 is 1.88 bits per heavy atom. The summed E-state index contributed by atoms with van der Waals surface area (Å²) >= 11 is 3.19. The summed E-state index contributed by atoms with van der Waals surface area (Å²) in [5.41, 5.74) is 0.426. The number of hydrogen-bond donors (Lipinski definition) is 0. The fourth-order valence-electron chi connectivity index (χ4n) is 1.37. The fraction of sp³-hybridized carbons (Fsp3) is 0. The van der Waals surface area contributed by atoms with E-state index in [0.29, 0.717) is 15.6 Å². The standard InChI is InChI=1S/C11H6BrNO4/c12-8-5-10(11(14)17-6-8)7-1-3-9(4-2-7)13(15)16/h1-6H. The summed E-state index contributed by atoms with van der Waals surface area (Å²) in [7, 11) is 0. The average Bonchev–Trinajstić information content (AvgIpc) is 2.32. The van der Waals surface area contributed by atoms with Crippen molar-refractivity contribution in [2.24, 2.45) is 0 Å². The van der Waals surface area contributed by atoms with Crippen LogP contribution in [0.25, 0.3) is 11.1 Å². The van der Waals surface area contributed by atoms with Gasteiger partial charge in [0.05, 0.1) is 15.0 Å². The summed E-state index contributed by atoms with van der Waals surface area (Å²) < 4.78 is 5.41. The average molecular weight is 296 g/mol. The predicted molar refractivity (Wildman–Crippen MR) is 64.8 cm³/mol. The molecule has 1 heterocycles. The van der Waals surface area contributed by atoms with Crippen LogP contribution in [0, 0.1) is 10.1 Å². The van der Waals surface area contributed by atoms with Gasteiger partial charge in [-0.05, 0) is 39.7 Å². The molecule has 2 aromatic rings. The number of hydrogen-bond acceptors (Lipinski definition) is 4. The third kappa shape index (κ3) is 2.42. The molecule has 0 atom stereocenters. The van der Waals surface area contributed by atoms with Gasteiger partial charge in [0, 0.05) is 12.1 Å². The molecule has 6 heteroatoms. The van der Waals surface area contributed by atoms with Crippen LogP contribution in [0.1, 0.15) is 0 Å². The first-order valence-electron chi connectivity index (χ1n) is 4.61. The Kier molecular flexibility index (Phi) is 3.06. The van der Waals surface area contributed by atoms with Gasteiger partial charge < -0.3 is 4.42 Å². The minimum absolute atomic E-state index is 0.0202. The summed E-state index contributed by atoms with van der Waals surface area (Å²) in [5.74, 6) is 0. The van der Waals surface area contributed by atoms with E-state index in [0.717, 1.165) is 0 Å². The molecule has 0 spiro atoms. The van der Waals surface area contributed by atoms with Gasteiger partial charge in [0.15, 0.2) is 0 Å². The van der Waals surface area contributed by atoms with Crippen molar-refractivity contribution in [2.75, 3.05) is 0 Å². The Balaban J connectivity index is 2.50. The first kappa shape index (κ1) is 11.5. The van der Waals surface area contributed by atoms with Crippen molar-refractivity contribution in [2.45, 2.75) is 0 Å². The summed E-state index contributed by atoms with van der Waals surface area (Å²) in [6.07, 6.45) is 1.29. The minimum Gasteiger partial charge on any atom is -0.430 e. The second kappa shape index (κ2) is 4.50. The lowest BCUT2D eigenvalue weighted by Gasteiger charge is -1.99. The van der Waals surface area contributed by atoms with Crippen LogP contribution >= 0.6 is 15.9 Å². The van der Waals surface area contributed by atoms with Crippen molar-refractivity contribution in [3.8, 4) is 11.1 Å². The third-order valence-corrected chi connectivity index (χ3v) is 2.59. The van der Waals surface area contributed by atoms with Gasteiger partial charge in [0.25, 0.3) is 5.69 Å². The molecule has 86 valence electrons. The van der Waals surface area contributed by atoms with Crippen LogP contribution in [0.15, 0.2) is 50.3 Å². The van der Waals surface area contributed by atoms with E-state index in [-0.39, 0.29) is 5.69 Å². The van der Waals surface area contributed by atoms with Gasteiger partial charge in [0.1, 0.15) is 6.26 Å². The van der Waals surface area contributed by atoms with E-state index in [1.165, 1.54) is 30.5 Å². The molecule has 1 aromatic heterocycles. The van der Waals surface area contributed by atoms with Crippen molar-refractivity contribution in [1.82, 2.24) is 0 Å². The molecule has 0 amide bonds. The minimum atomic E-state index is -0.493. The lowest BCUT2D eigenvalue weighted by molar-refractivity contribution is -0.384. The number of nitro groups is 1. The van der Waals surface area contributed by atoms with Gasteiger partial charge in [-0.2, -0.15) is 0 Å². The Morgan fingerprint density at radius 1 is 1.24 bits per heavy atom. The molecule has 0 saturated heterocycles. The summed E-state index contributed by atoms with van der Waals surface area (Å²) in [4.78, 5) is 21.5. The molecular formula is C11H6BrNO4. The zero-order chi connectivity index (χ0) is 12.4. The van der Waals surface area contributed by atoms with Gasteiger partial charge in [0.2, 0.25) is 0 Å². The molecule has 0 aliphatic rings. The topological polar surface area (TPSA) is 73.3 Å². The second-order valence-electron chi connectivity index (χ2n) is 3.27. The largest absolute Gasteiger partial charge is 0.430 e. The lowest BCUT2D eigenvalue weighted by Crippen LogP contribution is -2.01. The maximum absolute atomic E-state index is 11.5. The molecule has 0 saturated carbocycles. The van der Waals surface area contributed by atoms with Crippen LogP contribution in [0.2, 0.25) is 0 Å². The van der Waals surface area contributed by atoms with Crippen molar-refractivity contribution < 1.29 is 9.34 Å². The van der Waals surface area contributed by atoms with Crippen molar-refractivity contribution in [3.05, 3.63) is 61.6 Å². The quantitative estimate of drug-likeness (QED) is 0.630. The molecule has 0 aliphatic carbocycles. The van der Waals surface area contributed by atoms with Crippen molar-refractivity contribution in [3.63, 3.8) is 0 Å². The lowest BCUT2D eigenvalue weighted by atomic mass is 10.1. The van der Waals surface area contributed by atoms with E-state index in [1.54, 1.807) is 6.07 Å². The second-order valence-corrected chi connectivity index (χ2v) is 4.19. The Bertz CT molecular complexity index is 618. The van der Waals surface area contributed by atoms with Gasteiger partial charge >= 0.3 is 5.63 Å². The van der Waals surface area contributed by atoms with Gasteiger partial charge in [-0.15, -0.1) is 0 Å². The van der Waals surface area contributed by atoms with Crippen LogP contribution in [-0.2, 0) is 0 Å². The summed E-state index contributed by atoms with van der Waals surface area (Å²) in [5, 5.41) is 10.5. The van der Waals surface area contributed by atoms with Gasteiger partial charge in [-0.25, -0.2) is 4.79 Å². The van der Waals surface area contributed by atoms with E-state index >= 15 is 0 Å². The van der Waals surface area contributed by atoms with Crippen LogP contribution in [0.3, 0.4) is 0 Å². The number of rotatable bonds is 2. The maximum Gasteiger partial charge on any atom is 0.343 e. The highest BCUT2D eigenvalue weighted by Crippen LogP contribution is 2.22. The highest BCUT2D eigenvalue weighted by Gasteiger charge is 2.09. The molecule has 0 N–H and O–H groups in total. The third-order valence-electron chi connectivity index (χ3n) is 2.17. The number of nitrogens with zero attached hydrogens (tertiary/aromatic N) is 1. The number of benzene rings is 1. The molecule has 0 bridgehead atoms. The number of nitro benzene ring substituents is 1. The Hall–Kier alpha value is -1.95. The zero-order valence-corrected chi connectivity index (χ0v) is 10.0. The normalized spacial score (nSPS) is 10.2. The van der Waals surface area contributed by atoms with Crippen LogP contribution < -0.4 is 5.63 Å². The van der Waals surface area contributed by atoms with Crippen molar-refractivity contribution >= 4 is 21.6 Å². The predicted octanol–water partition coefficient (Wildman–Crippen LogP) is 2.98. The van der Waals surface area contributed by atoms with Crippen LogP contribution in [0.4, 0.5) is 5.69 Å².